The predicted octanol–water partition coefficient (Wildman–Crippen LogP) is 6.91. The Bertz CT molecular complexity index is 1580. The van der Waals surface area contributed by atoms with Gasteiger partial charge in [0, 0.05) is 7.11 Å². The number of carbonyl (C=O) groups excluding carboxylic acids is 2. The number of methoxy groups -OCH3 is 1. The molecule has 0 bridgehead atoms. The number of ether oxygens (including phenoxy) is 1. The number of alkyl halides is 6. The zero-order valence-electron chi connectivity index (χ0n) is 24.6. The van der Waals surface area contributed by atoms with E-state index in [1.165, 1.54) is 19.2 Å². The number of phenols is 1. The Labute approximate surface area is 265 Å². The van der Waals surface area contributed by atoms with Crippen molar-refractivity contribution < 1.29 is 55.5 Å². The minimum atomic E-state index is -5.17. The molecule has 0 spiro atoms. The molecule has 0 radical (unpaired) electrons. The van der Waals surface area contributed by atoms with Gasteiger partial charge in [-0.3, -0.25) is 9.59 Å². The highest BCUT2D eigenvalue weighted by Crippen LogP contribution is 2.52. The van der Waals surface area contributed by atoms with Gasteiger partial charge in [-0.1, -0.05) is 23.3 Å². The lowest BCUT2D eigenvalue weighted by molar-refractivity contribution is -0.143. The van der Waals surface area contributed by atoms with E-state index in [0.29, 0.717) is 51.6 Å². The van der Waals surface area contributed by atoms with Crippen LogP contribution in [0.2, 0.25) is 11.3 Å². The number of amides is 2. The van der Waals surface area contributed by atoms with Gasteiger partial charge in [-0.25, -0.2) is 4.90 Å². The molecule has 0 saturated carbocycles. The fraction of sp³-hybridized carbons (Fsp3) is 0.419. The van der Waals surface area contributed by atoms with Gasteiger partial charge in [0.05, 0.1) is 46.4 Å². The number of hydrogen-bond acceptors (Lipinski definition) is 6. The topological polar surface area (TPSA) is 96.3 Å². The van der Waals surface area contributed by atoms with Crippen molar-refractivity contribution in [3.8, 4) is 5.75 Å². The van der Waals surface area contributed by atoms with Gasteiger partial charge in [0.15, 0.2) is 0 Å². The Morgan fingerprint density at radius 3 is 2.30 bits per heavy atom. The Hall–Kier alpha value is -3.33. The van der Waals surface area contributed by atoms with E-state index >= 15 is 0 Å². The quantitative estimate of drug-likeness (QED) is 0.144. The number of aromatic hydroxyl groups is 1. The Kier molecular flexibility index (Phi) is 9.39. The molecule has 4 atom stereocenters. The van der Waals surface area contributed by atoms with Crippen LogP contribution >= 0.6 is 11.6 Å². The van der Waals surface area contributed by atoms with Crippen LogP contribution in [-0.2, 0) is 31.3 Å². The van der Waals surface area contributed by atoms with E-state index in [4.69, 9.17) is 21.0 Å². The second kappa shape index (κ2) is 12.7. The van der Waals surface area contributed by atoms with Gasteiger partial charge in [0.25, 0.3) is 0 Å². The minimum absolute atomic E-state index is 0.0102. The number of allylic oxidation sites excluding steroid dienone is 1. The molecular weight excluding hydrogens is 643 g/mol. The number of imide groups is 1. The van der Waals surface area contributed by atoms with Gasteiger partial charge in [-0.2, -0.15) is 26.3 Å². The second-order valence-electron chi connectivity index (χ2n) is 11.8. The molecule has 5 rings (SSSR count). The number of anilines is 1. The van der Waals surface area contributed by atoms with Crippen LogP contribution in [0.3, 0.4) is 0 Å². The first-order valence-electron chi connectivity index (χ1n) is 14.4. The predicted molar refractivity (Wildman–Crippen MR) is 157 cm³/mol. The second-order valence-corrected chi connectivity index (χ2v) is 12.2. The van der Waals surface area contributed by atoms with E-state index in [-0.39, 0.29) is 31.2 Å². The molecule has 2 aliphatic heterocycles. The molecule has 2 fully saturated rings. The molecule has 46 heavy (non-hydrogen) atoms. The molecule has 2 amide bonds. The summed E-state index contributed by atoms with van der Waals surface area (Å²) in [7, 11) is 0.0746. The maximum Gasteiger partial charge on any atom is 0.455 e. The summed E-state index contributed by atoms with van der Waals surface area (Å²) < 4.78 is 92.9. The highest BCUT2D eigenvalue weighted by Gasteiger charge is 2.58. The summed E-state index contributed by atoms with van der Waals surface area (Å²) in [6.07, 6.45) is -8.60. The van der Waals surface area contributed by atoms with Crippen molar-refractivity contribution in [2.24, 2.45) is 17.8 Å². The minimum Gasteiger partial charge on any atom is -0.508 e. The number of nitrogens with zero attached hydrogens (tertiary/aromatic N) is 1. The first kappa shape index (κ1) is 34.0. The van der Waals surface area contributed by atoms with Crippen LogP contribution in [0.25, 0.3) is 6.08 Å². The van der Waals surface area contributed by atoms with E-state index in [1.54, 1.807) is 6.07 Å². The third kappa shape index (κ3) is 6.71. The summed E-state index contributed by atoms with van der Waals surface area (Å²) in [5, 5.41) is 20.7. The Balaban J connectivity index is 1.48. The molecule has 2 heterocycles. The summed E-state index contributed by atoms with van der Waals surface area (Å²) in [5.74, 6) is -4.84. The highest BCUT2D eigenvalue weighted by molar-refractivity contribution is 6.43. The summed E-state index contributed by atoms with van der Waals surface area (Å²) >= 11 is 6.22. The van der Waals surface area contributed by atoms with Crippen LogP contribution < -0.4 is 4.90 Å². The van der Waals surface area contributed by atoms with Crippen LogP contribution in [0.4, 0.5) is 32.0 Å². The van der Waals surface area contributed by atoms with Crippen molar-refractivity contribution in [2.45, 2.75) is 51.0 Å². The molecule has 15 heteroatoms. The Morgan fingerprint density at radius 1 is 1.07 bits per heavy atom. The van der Waals surface area contributed by atoms with Crippen LogP contribution in [-0.4, -0.2) is 48.9 Å². The summed E-state index contributed by atoms with van der Waals surface area (Å²) in [5.41, 5.74) is -1.32. The van der Waals surface area contributed by atoms with Crippen LogP contribution in [0.15, 0.2) is 53.1 Å². The van der Waals surface area contributed by atoms with Crippen LogP contribution in [0.5, 0.6) is 5.75 Å². The van der Waals surface area contributed by atoms with E-state index in [0.717, 1.165) is 5.57 Å². The fourth-order valence-corrected chi connectivity index (χ4v) is 6.95. The molecule has 1 aliphatic carbocycles. The number of benzene rings is 2. The zero-order valence-corrected chi connectivity index (χ0v) is 25.3. The van der Waals surface area contributed by atoms with E-state index < -0.39 is 72.0 Å². The number of rotatable bonds is 7. The first-order valence-corrected chi connectivity index (χ1v) is 14.7. The van der Waals surface area contributed by atoms with Crippen molar-refractivity contribution in [1.29, 1.82) is 0 Å². The number of fused-ring (bicyclic) bond motifs is 3. The van der Waals surface area contributed by atoms with Crippen molar-refractivity contribution >= 4 is 42.3 Å². The Morgan fingerprint density at radius 2 is 1.72 bits per heavy atom. The summed E-state index contributed by atoms with van der Waals surface area (Å²) in [4.78, 5) is 27.9. The number of phenolic OH excluding ortho intramolecular Hbond substituents is 1. The van der Waals surface area contributed by atoms with Gasteiger partial charge in [0.2, 0.25) is 11.8 Å². The largest absolute Gasteiger partial charge is 0.508 e. The molecule has 2 saturated heterocycles. The summed E-state index contributed by atoms with van der Waals surface area (Å²) in [6.45, 7) is 1.88. The maximum atomic E-state index is 13.9. The first-order chi connectivity index (χ1) is 21.5. The third-order valence-corrected chi connectivity index (χ3v) is 8.97. The smallest absolute Gasteiger partial charge is 0.455 e. The zero-order chi connectivity index (χ0) is 33.7. The lowest BCUT2D eigenvalue weighted by Crippen LogP contribution is -2.46. The van der Waals surface area contributed by atoms with Gasteiger partial charge in [0.1, 0.15) is 5.75 Å². The van der Waals surface area contributed by atoms with Crippen molar-refractivity contribution in [2.75, 3.05) is 18.6 Å². The molecule has 2 N–H and O–H groups in total. The fourth-order valence-electron chi connectivity index (χ4n) is 6.72. The van der Waals surface area contributed by atoms with Crippen molar-refractivity contribution in [1.82, 2.24) is 0 Å². The van der Waals surface area contributed by atoms with Gasteiger partial charge in [-0.05, 0) is 91.5 Å². The van der Waals surface area contributed by atoms with Gasteiger partial charge >= 0.3 is 19.5 Å². The number of carbonyl (C=O) groups is 2. The number of hydrogen-bond donors (Lipinski definition) is 2. The summed E-state index contributed by atoms with van der Waals surface area (Å²) in [6, 6.07) is 5.20. The number of halogens is 7. The van der Waals surface area contributed by atoms with Gasteiger partial charge in [-0.15, -0.1) is 0 Å². The average molecular weight is 672 g/mol. The highest BCUT2D eigenvalue weighted by atomic mass is 35.5. The van der Waals surface area contributed by atoms with E-state index in [1.807, 2.05) is 13.0 Å². The molecule has 246 valence electrons. The molecule has 2 aromatic carbocycles. The van der Waals surface area contributed by atoms with Crippen molar-refractivity contribution in [3.63, 3.8) is 0 Å². The molecule has 7 nitrogen and oxygen atoms in total. The maximum absolute atomic E-state index is 13.9. The monoisotopic (exact) mass is 671 g/mol. The van der Waals surface area contributed by atoms with E-state index in [2.05, 4.69) is 0 Å². The molecule has 0 unspecified atom stereocenters. The van der Waals surface area contributed by atoms with Crippen LogP contribution in [0.1, 0.15) is 42.9 Å². The molecular formula is C31H29BClF6NO6. The average Bonchev–Trinajstić information content (AvgIpc) is 3.21. The standard InChI is InChI=1S/C31H29BClF6NO6/c1-15(7-16-4-5-21(41)12-24(16)33)3-6-25-26-17(14-45-2)8-22-27(23(26)13-32(44)46-25)29(43)40(28(22)42)20-10-18(30(34,35)36)9-19(11-20)31(37,38)39/h4-5,7,9-12,22-23,25,27,41,44H,3,6,8,13-14H2,1-2H3/b15-7+/t22-,23+,25-,27-/m1/s1. The lowest BCUT2D eigenvalue weighted by atomic mass is 9.58. The normalized spacial score (nSPS) is 24.1. The third-order valence-electron chi connectivity index (χ3n) is 8.64. The van der Waals surface area contributed by atoms with Crippen molar-refractivity contribution in [3.05, 3.63) is 74.8 Å². The van der Waals surface area contributed by atoms with Gasteiger partial charge < -0.3 is 19.5 Å². The SMILES string of the molecule is COCC1=C2[C@@H](CC/C(C)=C/c3ccc(O)cc3Cl)OB(O)C[C@@H]2[C@@H]2C(=O)N(c3cc(C(F)(F)F)cc(C(F)(F)F)c3)C(=O)[C@@H]2C1. The lowest BCUT2D eigenvalue weighted by Gasteiger charge is -2.43. The molecule has 2 aromatic rings. The molecule has 0 aromatic heterocycles. The van der Waals surface area contributed by atoms with Crippen LogP contribution in [0, 0.1) is 17.8 Å². The molecule has 3 aliphatic rings. The van der Waals surface area contributed by atoms with E-state index in [9.17, 15) is 46.1 Å².